The van der Waals surface area contributed by atoms with Gasteiger partial charge in [-0.3, -0.25) is 4.79 Å². The third kappa shape index (κ3) is 4.39. The van der Waals surface area contributed by atoms with E-state index in [-0.39, 0.29) is 5.69 Å². The second kappa shape index (κ2) is 7.70. The van der Waals surface area contributed by atoms with Crippen molar-refractivity contribution < 1.29 is 4.79 Å². The normalized spacial score (nSPS) is 10.4. The van der Waals surface area contributed by atoms with Crippen LogP contribution in [0, 0.1) is 0 Å². The van der Waals surface area contributed by atoms with Crippen molar-refractivity contribution in [2.24, 2.45) is 0 Å². The monoisotopic (exact) mass is 392 g/mol. The lowest BCUT2D eigenvalue weighted by Gasteiger charge is -2.09. The van der Waals surface area contributed by atoms with Crippen LogP contribution < -0.4 is 10.6 Å². The standard InChI is InChI=1S/C17H11Cl3N4O/c18-10-4-6-11(7-5-10)23-15-9-21-14(8-22-15)17(25)24-16-12(19)2-1-3-13(16)20/h1-9H,(H,22,23)(H,24,25). The molecule has 3 rings (SSSR count). The summed E-state index contributed by atoms with van der Waals surface area (Å²) in [5.74, 6) is 0.0372. The van der Waals surface area contributed by atoms with Crippen LogP contribution >= 0.6 is 34.8 Å². The van der Waals surface area contributed by atoms with E-state index in [9.17, 15) is 4.79 Å². The fourth-order valence-electron chi connectivity index (χ4n) is 1.99. The van der Waals surface area contributed by atoms with Gasteiger partial charge in [0.15, 0.2) is 0 Å². The molecule has 0 unspecified atom stereocenters. The Morgan fingerprint density at radius 1 is 0.880 bits per heavy atom. The lowest BCUT2D eigenvalue weighted by Crippen LogP contribution is -2.15. The largest absolute Gasteiger partial charge is 0.339 e. The first-order valence-electron chi connectivity index (χ1n) is 7.13. The second-order valence-corrected chi connectivity index (χ2v) is 6.22. The van der Waals surface area contributed by atoms with Crippen molar-refractivity contribution in [1.82, 2.24) is 9.97 Å². The van der Waals surface area contributed by atoms with Gasteiger partial charge in [-0.2, -0.15) is 0 Å². The topological polar surface area (TPSA) is 66.9 Å². The lowest BCUT2D eigenvalue weighted by atomic mass is 10.3. The third-order valence-corrected chi connectivity index (χ3v) is 4.08. The number of hydrogen-bond acceptors (Lipinski definition) is 4. The first-order valence-corrected chi connectivity index (χ1v) is 8.26. The molecule has 0 saturated carbocycles. The summed E-state index contributed by atoms with van der Waals surface area (Å²) in [6.45, 7) is 0. The number of halogens is 3. The SMILES string of the molecule is O=C(Nc1c(Cl)cccc1Cl)c1cnc(Nc2ccc(Cl)cc2)cn1. The average Bonchev–Trinajstić information content (AvgIpc) is 2.61. The Morgan fingerprint density at radius 2 is 1.56 bits per heavy atom. The maximum absolute atomic E-state index is 12.3. The molecule has 8 heteroatoms. The molecule has 0 bridgehead atoms. The van der Waals surface area contributed by atoms with Gasteiger partial charge in [-0.15, -0.1) is 0 Å². The first-order chi connectivity index (χ1) is 12.0. The maximum atomic E-state index is 12.3. The van der Waals surface area contributed by atoms with Crippen molar-refractivity contribution in [3.63, 3.8) is 0 Å². The number of benzene rings is 2. The number of anilines is 3. The molecule has 1 heterocycles. The van der Waals surface area contributed by atoms with Crippen molar-refractivity contribution in [3.8, 4) is 0 Å². The zero-order chi connectivity index (χ0) is 17.8. The molecule has 5 nitrogen and oxygen atoms in total. The smallest absolute Gasteiger partial charge is 0.275 e. The molecule has 0 aliphatic carbocycles. The Morgan fingerprint density at radius 3 is 2.16 bits per heavy atom. The fraction of sp³-hybridized carbons (Fsp3) is 0. The second-order valence-electron chi connectivity index (χ2n) is 4.97. The predicted molar refractivity (Wildman–Crippen MR) is 101 cm³/mol. The highest BCUT2D eigenvalue weighted by Crippen LogP contribution is 2.30. The van der Waals surface area contributed by atoms with E-state index in [1.807, 2.05) is 12.1 Å². The number of nitrogens with one attached hydrogen (secondary N) is 2. The Labute approximate surface area is 159 Å². The van der Waals surface area contributed by atoms with Crippen molar-refractivity contribution in [3.05, 3.63) is 75.6 Å². The van der Waals surface area contributed by atoms with E-state index in [0.29, 0.717) is 26.6 Å². The third-order valence-electron chi connectivity index (χ3n) is 3.20. The van der Waals surface area contributed by atoms with Gasteiger partial charge in [0.2, 0.25) is 0 Å². The first kappa shape index (κ1) is 17.5. The van der Waals surface area contributed by atoms with E-state index in [4.69, 9.17) is 34.8 Å². The summed E-state index contributed by atoms with van der Waals surface area (Å²) in [7, 11) is 0. The Bertz CT molecular complexity index is 879. The van der Waals surface area contributed by atoms with E-state index in [2.05, 4.69) is 20.6 Å². The summed E-state index contributed by atoms with van der Waals surface area (Å²) in [6.07, 6.45) is 2.82. The van der Waals surface area contributed by atoms with Crippen molar-refractivity contribution in [2.75, 3.05) is 10.6 Å². The summed E-state index contributed by atoms with van der Waals surface area (Å²) in [5.41, 5.74) is 1.28. The predicted octanol–water partition coefficient (Wildman–Crippen LogP) is 5.43. The summed E-state index contributed by atoms with van der Waals surface area (Å²) < 4.78 is 0. The van der Waals surface area contributed by atoms with Crippen LogP contribution in [0.1, 0.15) is 10.5 Å². The zero-order valence-electron chi connectivity index (χ0n) is 12.6. The van der Waals surface area contributed by atoms with Gasteiger partial charge in [0.1, 0.15) is 11.5 Å². The molecule has 0 spiro atoms. The van der Waals surface area contributed by atoms with Crippen LogP contribution in [0.2, 0.25) is 15.1 Å². The van der Waals surface area contributed by atoms with Gasteiger partial charge in [-0.1, -0.05) is 40.9 Å². The summed E-state index contributed by atoms with van der Waals surface area (Å²) >= 11 is 17.9. The number of amides is 1. The number of hydrogen-bond donors (Lipinski definition) is 2. The summed E-state index contributed by atoms with van der Waals surface area (Å²) in [4.78, 5) is 20.5. The Hall–Kier alpha value is -2.34. The molecule has 2 N–H and O–H groups in total. The van der Waals surface area contributed by atoms with Gasteiger partial charge in [0.25, 0.3) is 5.91 Å². The van der Waals surface area contributed by atoms with Gasteiger partial charge in [0, 0.05) is 10.7 Å². The van der Waals surface area contributed by atoms with Gasteiger partial charge >= 0.3 is 0 Å². The molecule has 0 radical (unpaired) electrons. The quantitative estimate of drug-likeness (QED) is 0.620. The van der Waals surface area contributed by atoms with E-state index in [1.54, 1.807) is 30.3 Å². The molecule has 0 fully saturated rings. The maximum Gasteiger partial charge on any atom is 0.275 e. The van der Waals surface area contributed by atoms with Gasteiger partial charge in [0.05, 0.1) is 28.1 Å². The molecule has 3 aromatic rings. The van der Waals surface area contributed by atoms with Gasteiger partial charge in [-0.05, 0) is 36.4 Å². The number of carbonyl (C=O) groups is 1. The van der Waals surface area contributed by atoms with Crippen LogP contribution in [0.4, 0.5) is 17.2 Å². The van der Waals surface area contributed by atoms with Crippen LogP contribution in [0.25, 0.3) is 0 Å². The van der Waals surface area contributed by atoms with Crippen LogP contribution in [0.15, 0.2) is 54.9 Å². The van der Waals surface area contributed by atoms with Crippen molar-refractivity contribution in [1.29, 1.82) is 0 Å². The molecule has 126 valence electrons. The van der Waals surface area contributed by atoms with E-state index >= 15 is 0 Å². The Balaban J connectivity index is 1.71. The molecule has 1 aromatic heterocycles. The summed E-state index contributed by atoms with van der Waals surface area (Å²) in [5, 5.41) is 7.01. The molecule has 0 aliphatic rings. The van der Waals surface area contributed by atoms with E-state index in [0.717, 1.165) is 5.69 Å². The molecule has 25 heavy (non-hydrogen) atoms. The fourth-order valence-corrected chi connectivity index (χ4v) is 2.60. The Kier molecular flexibility index (Phi) is 5.38. The van der Waals surface area contributed by atoms with Crippen LogP contribution in [-0.4, -0.2) is 15.9 Å². The van der Waals surface area contributed by atoms with Crippen molar-refractivity contribution >= 4 is 57.9 Å². The van der Waals surface area contributed by atoms with Crippen LogP contribution in [0.5, 0.6) is 0 Å². The number of para-hydroxylation sites is 1. The minimum absolute atomic E-state index is 0.137. The van der Waals surface area contributed by atoms with Crippen LogP contribution in [-0.2, 0) is 0 Å². The molecule has 0 aliphatic heterocycles. The van der Waals surface area contributed by atoms with Gasteiger partial charge in [-0.25, -0.2) is 9.97 Å². The highest BCUT2D eigenvalue weighted by atomic mass is 35.5. The molecular weight excluding hydrogens is 383 g/mol. The zero-order valence-corrected chi connectivity index (χ0v) is 14.9. The summed E-state index contributed by atoms with van der Waals surface area (Å²) in [6, 6.07) is 12.1. The molecule has 1 amide bonds. The van der Waals surface area contributed by atoms with Crippen molar-refractivity contribution in [2.45, 2.75) is 0 Å². The highest BCUT2D eigenvalue weighted by molar-refractivity contribution is 6.40. The molecule has 0 saturated heterocycles. The molecule has 2 aromatic carbocycles. The van der Waals surface area contributed by atoms with E-state index in [1.165, 1.54) is 12.4 Å². The number of aromatic nitrogens is 2. The molecular formula is C17H11Cl3N4O. The lowest BCUT2D eigenvalue weighted by molar-refractivity contribution is 0.102. The minimum Gasteiger partial charge on any atom is -0.339 e. The number of rotatable bonds is 4. The number of nitrogens with zero attached hydrogens (tertiary/aromatic N) is 2. The minimum atomic E-state index is -0.458. The van der Waals surface area contributed by atoms with E-state index < -0.39 is 5.91 Å². The number of carbonyl (C=O) groups excluding carboxylic acids is 1. The highest BCUT2D eigenvalue weighted by Gasteiger charge is 2.13. The molecule has 0 atom stereocenters. The average molecular weight is 394 g/mol. The van der Waals surface area contributed by atoms with Crippen LogP contribution in [0.3, 0.4) is 0 Å². The van der Waals surface area contributed by atoms with Gasteiger partial charge < -0.3 is 10.6 Å².